The molecule has 41 heavy (non-hydrogen) atoms. The molecular formula is C37H41F3O. The van der Waals surface area contributed by atoms with Gasteiger partial charge >= 0.3 is 0 Å². The van der Waals surface area contributed by atoms with Crippen LogP contribution in [0.15, 0.2) is 66.7 Å². The summed E-state index contributed by atoms with van der Waals surface area (Å²) in [6, 6.07) is 16.0. The normalized spacial score (nSPS) is 26.4. The molecule has 0 aromatic heterocycles. The predicted molar refractivity (Wildman–Crippen MR) is 160 cm³/mol. The molecule has 216 valence electrons. The number of halogens is 3. The summed E-state index contributed by atoms with van der Waals surface area (Å²) in [5.41, 5.74) is 3.56. The third-order valence-corrected chi connectivity index (χ3v) is 10.1. The molecule has 1 aliphatic heterocycles. The minimum atomic E-state index is -0.858. The van der Waals surface area contributed by atoms with Gasteiger partial charge in [0.05, 0.1) is 6.61 Å². The molecule has 1 unspecified atom stereocenters. The summed E-state index contributed by atoms with van der Waals surface area (Å²) in [5, 5.41) is 0. The minimum Gasteiger partial charge on any atom is -0.368 e. The Kier molecular flexibility index (Phi) is 8.67. The molecule has 1 heterocycles. The summed E-state index contributed by atoms with van der Waals surface area (Å²) < 4.78 is 49.7. The fourth-order valence-electron chi connectivity index (χ4n) is 7.49. The zero-order valence-corrected chi connectivity index (χ0v) is 24.1. The van der Waals surface area contributed by atoms with E-state index in [4.69, 9.17) is 4.74 Å². The molecule has 0 N–H and O–H groups in total. The molecule has 3 aromatic rings. The number of benzene rings is 3. The fourth-order valence-corrected chi connectivity index (χ4v) is 7.49. The van der Waals surface area contributed by atoms with Gasteiger partial charge in [-0.25, -0.2) is 13.2 Å². The van der Waals surface area contributed by atoms with Crippen LogP contribution < -0.4 is 0 Å². The van der Waals surface area contributed by atoms with Crippen LogP contribution in [0.4, 0.5) is 13.2 Å². The molecular weight excluding hydrogens is 517 g/mol. The molecule has 0 radical (unpaired) electrons. The molecule has 4 heteroatoms. The topological polar surface area (TPSA) is 12.5 Å². The Hall–Kier alpha value is -2.85. The average Bonchev–Trinajstić information content (AvgIpc) is 3.85. The summed E-state index contributed by atoms with van der Waals surface area (Å²) in [6.07, 6.45) is 16.8. The van der Waals surface area contributed by atoms with Gasteiger partial charge < -0.3 is 4.74 Å². The summed E-state index contributed by atoms with van der Waals surface area (Å²) >= 11 is 0. The van der Waals surface area contributed by atoms with Crippen molar-refractivity contribution < 1.29 is 17.9 Å². The zero-order valence-electron chi connectivity index (χ0n) is 24.1. The lowest BCUT2D eigenvalue weighted by Crippen LogP contribution is -2.25. The van der Waals surface area contributed by atoms with E-state index in [1.807, 2.05) is 24.3 Å². The van der Waals surface area contributed by atoms with E-state index in [0.29, 0.717) is 18.1 Å². The minimum absolute atomic E-state index is 0.136. The molecule has 3 aromatic carbocycles. The van der Waals surface area contributed by atoms with E-state index < -0.39 is 11.6 Å². The number of allylic oxidation sites excluding steroid dienone is 2. The second kappa shape index (κ2) is 12.6. The van der Waals surface area contributed by atoms with Gasteiger partial charge in [-0.2, -0.15) is 0 Å². The first-order chi connectivity index (χ1) is 20.0. The Morgan fingerprint density at radius 2 is 1.32 bits per heavy atom. The van der Waals surface area contributed by atoms with Crippen molar-refractivity contribution in [3.05, 3.63) is 95.3 Å². The highest BCUT2D eigenvalue weighted by atomic mass is 19.2. The van der Waals surface area contributed by atoms with Crippen molar-refractivity contribution in [2.75, 3.05) is 6.61 Å². The molecule has 0 spiro atoms. The van der Waals surface area contributed by atoms with E-state index in [9.17, 15) is 8.78 Å². The Labute approximate surface area is 242 Å². The average molecular weight is 559 g/mol. The van der Waals surface area contributed by atoms with Gasteiger partial charge in [-0.1, -0.05) is 73.5 Å². The smallest absolute Gasteiger partial charge is 0.167 e. The maximum atomic E-state index is 15.4. The zero-order chi connectivity index (χ0) is 28.3. The third kappa shape index (κ3) is 6.33. The third-order valence-electron chi connectivity index (χ3n) is 10.1. The Morgan fingerprint density at radius 1 is 0.707 bits per heavy atom. The van der Waals surface area contributed by atoms with Crippen molar-refractivity contribution in [2.45, 2.75) is 83.2 Å². The van der Waals surface area contributed by atoms with Gasteiger partial charge in [-0.3, -0.25) is 0 Å². The van der Waals surface area contributed by atoms with Crippen molar-refractivity contribution in [1.82, 2.24) is 0 Å². The Bertz CT molecular complexity index is 1360. The van der Waals surface area contributed by atoms with E-state index in [1.165, 1.54) is 51.4 Å². The second-order valence-corrected chi connectivity index (χ2v) is 12.5. The molecule has 0 bridgehead atoms. The van der Waals surface area contributed by atoms with Gasteiger partial charge in [-0.15, -0.1) is 0 Å². The van der Waals surface area contributed by atoms with Crippen LogP contribution in [0.2, 0.25) is 0 Å². The van der Waals surface area contributed by atoms with Crippen LogP contribution in [0, 0.1) is 35.2 Å². The van der Waals surface area contributed by atoms with Gasteiger partial charge in [0.15, 0.2) is 11.6 Å². The van der Waals surface area contributed by atoms with Crippen LogP contribution in [0.5, 0.6) is 0 Å². The van der Waals surface area contributed by atoms with Crippen LogP contribution in [-0.2, 0) is 4.74 Å². The lowest BCUT2D eigenvalue weighted by molar-refractivity contribution is 0.156. The summed E-state index contributed by atoms with van der Waals surface area (Å²) in [6.45, 7) is 2.53. The van der Waals surface area contributed by atoms with Crippen LogP contribution in [0.3, 0.4) is 0 Å². The maximum absolute atomic E-state index is 15.4. The number of ether oxygens (including phenoxy) is 1. The van der Waals surface area contributed by atoms with Gasteiger partial charge in [0.1, 0.15) is 11.9 Å². The molecule has 1 saturated heterocycles. The standard InChI is InChI=1S/C37H41F3O/c1-2-3-4-5-24-6-8-25(9-7-24)26-10-14-28(15-11-26)31-19-18-30(22-34(31)38)27-12-16-29(17-13-27)32-20-21-33(35-23-41-35)37(40)36(32)39/h2-3,12-13,16-22,24-26,28,35H,4-11,14-15,23H2,1H3/b3-2+. The van der Waals surface area contributed by atoms with Gasteiger partial charge in [0.25, 0.3) is 0 Å². The van der Waals surface area contributed by atoms with Gasteiger partial charge in [0, 0.05) is 11.1 Å². The first-order valence-electron chi connectivity index (χ1n) is 15.6. The molecule has 6 rings (SSSR count). The summed E-state index contributed by atoms with van der Waals surface area (Å²) in [5.74, 6) is 1.02. The Balaban J connectivity index is 1.05. The van der Waals surface area contributed by atoms with Crippen LogP contribution in [0.1, 0.15) is 94.3 Å². The largest absolute Gasteiger partial charge is 0.368 e. The lowest BCUT2D eigenvalue weighted by atomic mass is 9.68. The molecule has 0 amide bonds. The van der Waals surface area contributed by atoms with Crippen LogP contribution >= 0.6 is 0 Å². The first kappa shape index (κ1) is 28.3. The van der Waals surface area contributed by atoms with Crippen molar-refractivity contribution in [1.29, 1.82) is 0 Å². The Morgan fingerprint density at radius 3 is 1.95 bits per heavy atom. The molecule has 2 aliphatic carbocycles. The molecule has 3 aliphatic rings. The molecule has 1 nitrogen and oxygen atoms in total. The lowest BCUT2D eigenvalue weighted by Gasteiger charge is -2.38. The maximum Gasteiger partial charge on any atom is 0.167 e. The highest BCUT2D eigenvalue weighted by molar-refractivity contribution is 5.71. The van der Waals surface area contributed by atoms with E-state index >= 15 is 4.39 Å². The second-order valence-electron chi connectivity index (χ2n) is 12.5. The SMILES string of the molecule is C/C=C/CCC1CCC(C2CCC(c3ccc(-c4ccc(-c5ccc(C6CO6)c(F)c5F)cc4)cc3F)CC2)CC1. The number of hydrogen-bond acceptors (Lipinski definition) is 1. The highest BCUT2D eigenvalue weighted by Gasteiger charge is 2.32. The van der Waals surface area contributed by atoms with Crippen molar-refractivity contribution in [3.8, 4) is 22.3 Å². The van der Waals surface area contributed by atoms with E-state index in [1.54, 1.807) is 30.3 Å². The molecule has 3 fully saturated rings. The number of rotatable bonds is 8. The van der Waals surface area contributed by atoms with Gasteiger partial charge in [-0.05, 0) is 110 Å². The predicted octanol–water partition coefficient (Wildman–Crippen LogP) is 10.9. The van der Waals surface area contributed by atoms with Crippen LogP contribution in [-0.4, -0.2) is 6.61 Å². The summed E-state index contributed by atoms with van der Waals surface area (Å²) in [4.78, 5) is 0. The van der Waals surface area contributed by atoms with Crippen molar-refractivity contribution >= 4 is 0 Å². The van der Waals surface area contributed by atoms with E-state index in [-0.39, 0.29) is 23.0 Å². The van der Waals surface area contributed by atoms with Gasteiger partial charge in [0.2, 0.25) is 0 Å². The quantitative estimate of drug-likeness (QED) is 0.198. The monoisotopic (exact) mass is 558 g/mol. The highest BCUT2D eigenvalue weighted by Crippen LogP contribution is 2.45. The van der Waals surface area contributed by atoms with E-state index in [0.717, 1.165) is 47.3 Å². The summed E-state index contributed by atoms with van der Waals surface area (Å²) in [7, 11) is 0. The van der Waals surface area contributed by atoms with Crippen molar-refractivity contribution in [3.63, 3.8) is 0 Å². The van der Waals surface area contributed by atoms with Crippen molar-refractivity contribution in [2.24, 2.45) is 17.8 Å². The molecule has 2 saturated carbocycles. The molecule has 1 atom stereocenters. The van der Waals surface area contributed by atoms with Crippen LogP contribution in [0.25, 0.3) is 22.3 Å². The number of epoxide rings is 1. The fraction of sp³-hybridized carbons (Fsp3) is 0.459. The first-order valence-corrected chi connectivity index (χ1v) is 15.6. The number of hydrogen-bond donors (Lipinski definition) is 0. The van der Waals surface area contributed by atoms with E-state index in [2.05, 4.69) is 19.1 Å².